The Morgan fingerprint density at radius 3 is 2.80 bits per heavy atom. The average Bonchev–Trinajstić information content (AvgIpc) is 2.34. The van der Waals surface area contributed by atoms with Crippen LogP contribution in [0, 0.1) is 6.92 Å². The lowest BCUT2D eigenvalue weighted by Gasteiger charge is -1.94. The molecule has 10 heavy (non-hydrogen) atoms. The molecule has 0 aliphatic heterocycles. The number of aryl methyl sites for hydroxylation is 1. The molecule has 4 heteroatoms. The van der Waals surface area contributed by atoms with E-state index in [1.807, 2.05) is 12.3 Å². The van der Waals surface area contributed by atoms with Crippen LogP contribution in [0.4, 0.5) is 0 Å². The van der Waals surface area contributed by atoms with Crippen LogP contribution in [0.25, 0.3) is 0 Å². The van der Waals surface area contributed by atoms with E-state index in [2.05, 4.69) is 0 Å². The Morgan fingerprint density at radius 2 is 2.40 bits per heavy atom. The van der Waals surface area contributed by atoms with Gasteiger partial charge in [0.15, 0.2) is 0 Å². The second kappa shape index (κ2) is 2.81. The number of nitrogens with one attached hydrogen (secondary N) is 1. The summed E-state index contributed by atoms with van der Waals surface area (Å²) in [5.41, 5.74) is 3.00. The molecule has 0 aliphatic rings. The predicted octanol–water partition coefficient (Wildman–Crippen LogP) is 1.18. The van der Waals surface area contributed by atoms with Gasteiger partial charge < -0.3 is 0 Å². The third-order valence-corrected chi connectivity index (χ3v) is 2.06. The summed E-state index contributed by atoms with van der Waals surface area (Å²) in [4.78, 5) is 10.7. The maximum Gasteiger partial charge on any atom is 0.275 e. The molecule has 0 bridgehead atoms. The minimum atomic E-state index is -0.446. The van der Waals surface area contributed by atoms with E-state index in [0.717, 1.165) is 5.56 Å². The van der Waals surface area contributed by atoms with E-state index in [1.165, 1.54) is 11.3 Å². The van der Waals surface area contributed by atoms with Gasteiger partial charge >= 0.3 is 0 Å². The zero-order chi connectivity index (χ0) is 7.56. The monoisotopic (exact) mass is 157 g/mol. The van der Waals surface area contributed by atoms with E-state index in [1.54, 1.807) is 10.9 Å². The highest BCUT2D eigenvalue weighted by Crippen LogP contribution is 2.12. The molecule has 54 valence electrons. The van der Waals surface area contributed by atoms with Crippen LogP contribution in [0.15, 0.2) is 10.8 Å². The molecule has 2 N–H and O–H groups in total. The molecule has 0 unspecified atom stereocenters. The molecule has 1 aromatic rings. The lowest BCUT2D eigenvalue weighted by molar-refractivity contribution is 0.0706. The molecule has 0 aliphatic carbocycles. The van der Waals surface area contributed by atoms with Gasteiger partial charge in [-0.2, -0.15) is 11.3 Å². The molecule has 1 rings (SSSR count). The topological polar surface area (TPSA) is 49.3 Å². The fourth-order valence-electron chi connectivity index (χ4n) is 0.653. The molecule has 0 aromatic carbocycles. The Morgan fingerprint density at radius 1 is 1.70 bits per heavy atom. The SMILES string of the molecule is Cc1cscc1C(=O)NO. The largest absolute Gasteiger partial charge is 0.288 e. The van der Waals surface area contributed by atoms with Gasteiger partial charge in [-0.1, -0.05) is 0 Å². The first-order valence-electron chi connectivity index (χ1n) is 2.73. The first-order valence-corrected chi connectivity index (χ1v) is 3.67. The maximum absolute atomic E-state index is 10.7. The van der Waals surface area contributed by atoms with Crippen molar-refractivity contribution < 1.29 is 10.0 Å². The van der Waals surface area contributed by atoms with Crippen molar-refractivity contribution in [1.29, 1.82) is 0 Å². The van der Waals surface area contributed by atoms with Gasteiger partial charge in [0.25, 0.3) is 5.91 Å². The van der Waals surface area contributed by atoms with Crippen LogP contribution < -0.4 is 5.48 Å². The zero-order valence-electron chi connectivity index (χ0n) is 5.42. The number of carbonyl (C=O) groups excluding carboxylic acids is 1. The van der Waals surface area contributed by atoms with Crippen LogP contribution in [0.3, 0.4) is 0 Å². The van der Waals surface area contributed by atoms with Crippen molar-refractivity contribution in [3.63, 3.8) is 0 Å². The zero-order valence-corrected chi connectivity index (χ0v) is 6.23. The summed E-state index contributed by atoms with van der Waals surface area (Å²) < 4.78 is 0. The molecule has 3 nitrogen and oxygen atoms in total. The van der Waals surface area contributed by atoms with Crippen molar-refractivity contribution in [3.05, 3.63) is 21.9 Å². The second-order valence-electron chi connectivity index (χ2n) is 1.91. The fraction of sp³-hybridized carbons (Fsp3) is 0.167. The van der Waals surface area contributed by atoms with Crippen molar-refractivity contribution in [2.45, 2.75) is 6.92 Å². The summed E-state index contributed by atoms with van der Waals surface area (Å²) in [5.74, 6) is -0.446. The van der Waals surface area contributed by atoms with Gasteiger partial charge in [-0.3, -0.25) is 10.0 Å². The van der Waals surface area contributed by atoms with E-state index in [4.69, 9.17) is 5.21 Å². The van der Waals surface area contributed by atoms with Gasteiger partial charge in [-0.25, -0.2) is 5.48 Å². The van der Waals surface area contributed by atoms with E-state index >= 15 is 0 Å². The predicted molar refractivity (Wildman–Crippen MR) is 38.3 cm³/mol. The highest BCUT2D eigenvalue weighted by atomic mass is 32.1. The standard InChI is InChI=1S/C6H7NO2S/c1-4-2-10-3-5(4)6(8)7-9/h2-3,9H,1H3,(H,7,8). The normalized spacial score (nSPS) is 9.40. The molecule has 1 heterocycles. The van der Waals surface area contributed by atoms with E-state index in [-0.39, 0.29) is 0 Å². The molecule has 0 atom stereocenters. The fourth-order valence-corrected chi connectivity index (χ4v) is 1.48. The summed E-state index contributed by atoms with van der Waals surface area (Å²) in [5, 5.41) is 11.8. The quantitative estimate of drug-likeness (QED) is 0.475. The number of hydrogen-bond acceptors (Lipinski definition) is 3. The Labute approximate surface area is 62.3 Å². The molecule has 0 saturated heterocycles. The Kier molecular flexibility index (Phi) is 2.03. The molecule has 1 aromatic heterocycles. The minimum absolute atomic E-state index is 0.446. The van der Waals surface area contributed by atoms with Crippen molar-refractivity contribution in [3.8, 4) is 0 Å². The van der Waals surface area contributed by atoms with Gasteiger partial charge in [0, 0.05) is 5.38 Å². The van der Waals surface area contributed by atoms with E-state index in [9.17, 15) is 4.79 Å². The molecule has 0 saturated carbocycles. The second-order valence-corrected chi connectivity index (χ2v) is 2.65. The van der Waals surface area contributed by atoms with Crippen molar-refractivity contribution in [2.24, 2.45) is 0 Å². The van der Waals surface area contributed by atoms with Crippen LogP contribution in [0.5, 0.6) is 0 Å². The van der Waals surface area contributed by atoms with Crippen LogP contribution in [-0.4, -0.2) is 11.1 Å². The first kappa shape index (κ1) is 7.24. The van der Waals surface area contributed by atoms with Crippen LogP contribution in [0.2, 0.25) is 0 Å². The van der Waals surface area contributed by atoms with Crippen molar-refractivity contribution >= 4 is 17.2 Å². The van der Waals surface area contributed by atoms with Crippen LogP contribution in [0.1, 0.15) is 15.9 Å². The molecule has 0 fully saturated rings. The van der Waals surface area contributed by atoms with Crippen molar-refractivity contribution in [1.82, 2.24) is 5.48 Å². The first-order chi connectivity index (χ1) is 4.75. The summed E-state index contributed by atoms with van der Waals surface area (Å²) in [6.45, 7) is 1.82. The highest BCUT2D eigenvalue weighted by Gasteiger charge is 2.06. The third kappa shape index (κ3) is 1.17. The smallest absolute Gasteiger partial charge is 0.275 e. The number of rotatable bonds is 1. The molecular formula is C6H7NO2S. The third-order valence-electron chi connectivity index (χ3n) is 1.20. The Bertz CT molecular complexity index is 244. The number of thiophene rings is 1. The lowest BCUT2D eigenvalue weighted by Crippen LogP contribution is -2.18. The number of hydroxylamine groups is 1. The summed E-state index contributed by atoms with van der Waals surface area (Å²) in [6, 6.07) is 0. The molecular weight excluding hydrogens is 150 g/mol. The van der Waals surface area contributed by atoms with Gasteiger partial charge in [-0.05, 0) is 17.9 Å². The number of amides is 1. The van der Waals surface area contributed by atoms with Gasteiger partial charge in [0.2, 0.25) is 0 Å². The van der Waals surface area contributed by atoms with E-state index in [0.29, 0.717) is 5.56 Å². The Balaban J connectivity index is 2.93. The highest BCUT2D eigenvalue weighted by molar-refractivity contribution is 7.08. The van der Waals surface area contributed by atoms with Crippen molar-refractivity contribution in [2.75, 3.05) is 0 Å². The average molecular weight is 157 g/mol. The van der Waals surface area contributed by atoms with Gasteiger partial charge in [0.05, 0.1) is 5.56 Å². The maximum atomic E-state index is 10.7. The minimum Gasteiger partial charge on any atom is -0.288 e. The molecule has 1 amide bonds. The van der Waals surface area contributed by atoms with Crippen LogP contribution in [-0.2, 0) is 0 Å². The number of carbonyl (C=O) groups is 1. The lowest BCUT2D eigenvalue weighted by atomic mass is 10.2. The summed E-state index contributed by atoms with van der Waals surface area (Å²) in [7, 11) is 0. The van der Waals surface area contributed by atoms with E-state index < -0.39 is 5.91 Å². The van der Waals surface area contributed by atoms with Gasteiger partial charge in [0.1, 0.15) is 0 Å². The van der Waals surface area contributed by atoms with Crippen LogP contribution >= 0.6 is 11.3 Å². The molecule has 0 spiro atoms. The Hall–Kier alpha value is -0.870. The van der Waals surface area contributed by atoms with Gasteiger partial charge in [-0.15, -0.1) is 0 Å². The number of hydrogen-bond donors (Lipinski definition) is 2. The summed E-state index contributed by atoms with van der Waals surface area (Å²) in [6.07, 6.45) is 0. The summed E-state index contributed by atoms with van der Waals surface area (Å²) >= 11 is 1.44. The molecule has 0 radical (unpaired) electrons.